The Labute approximate surface area is 135 Å². The predicted molar refractivity (Wildman–Crippen MR) is 90.9 cm³/mol. The van der Waals surface area contributed by atoms with Crippen LogP contribution >= 0.6 is 11.8 Å². The molecule has 22 heavy (non-hydrogen) atoms. The van der Waals surface area contributed by atoms with Crippen LogP contribution in [0, 0.1) is 0 Å². The minimum absolute atomic E-state index is 0.344. The second-order valence-corrected chi connectivity index (χ2v) is 7.80. The van der Waals surface area contributed by atoms with Crippen LogP contribution in [0.25, 0.3) is 0 Å². The van der Waals surface area contributed by atoms with E-state index in [4.69, 9.17) is 0 Å². The van der Waals surface area contributed by atoms with E-state index in [1.165, 1.54) is 4.31 Å². The summed E-state index contributed by atoms with van der Waals surface area (Å²) < 4.78 is 27.6. The Morgan fingerprint density at radius 2 is 1.95 bits per heavy atom. The van der Waals surface area contributed by atoms with Crippen LogP contribution < -0.4 is 9.62 Å². The Bertz CT molecular complexity index is 775. The zero-order chi connectivity index (χ0) is 15.6. The first kappa shape index (κ1) is 15.4. The maximum absolute atomic E-state index is 13.1. The number of sulfonamides is 1. The molecule has 116 valence electrons. The lowest BCUT2D eigenvalue weighted by Gasteiger charge is -2.24. The maximum atomic E-state index is 13.1. The van der Waals surface area contributed by atoms with Crippen LogP contribution in [-0.4, -0.2) is 27.8 Å². The van der Waals surface area contributed by atoms with Crippen LogP contribution in [0.3, 0.4) is 0 Å². The number of nitrogens with one attached hydrogen (secondary N) is 1. The monoisotopic (exact) mass is 334 g/mol. The molecule has 0 unspecified atom stereocenters. The third-order valence-corrected chi connectivity index (χ3v) is 6.23. The third kappa shape index (κ3) is 2.86. The van der Waals surface area contributed by atoms with E-state index in [1.807, 2.05) is 36.6 Å². The van der Waals surface area contributed by atoms with Gasteiger partial charge < -0.3 is 5.32 Å². The number of nitrogens with zero attached hydrogens (tertiary/aromatic N) is 1. The van der Waals surface area contributed by atoms with Crippen molar-refractivity contribution in [3.63, 3.8) is 0 Å². The highest BCUT2D eigenvalue weighted by Gasteiger charge is 2.27. The summed E-state index contributed by atoms with van der Waals surface area (Å²) in [6.07, 6.45) is 1.94. The Balaban J connectivity index is 2.08. The molecule has 0 atom stereocenters. The fraction of sp³-hybridized carbons (Fsp3) is 0.250. The van der Waals surface area contributed by atoms with E-state index in [1.54, 1.807) is 30.0 Å². The molecule has 2 aromatic rings. The Hall–Kier alpha value is -1.50. The summed E-state index contributed by atoms with van der Waals surface area (Å²) in [4.78, 5) is 1.29. The van der Waals surface area contributed by atoms with Gasteiger partial charge in [0, 0.05) is 24.5 Å². The van der Waals surface area contributed by atoms with Crippen molar-refractivity contribution in [2.75, 3.05) is 23.7 Å². The number of benzene rings is 2. The van der Waals surface area contributed by atoms with Gasteiger partial charge in [0.25, 0.3) is 10.0 Å². The minimum Gasteiger partial charge on any atom is -0.311 e. The predicted octanol–water partition coefficient (Wildman–Crippen LogP) is 2.71. The Kier molecular flexibility index (Phi) is 4.42. The largest absolute Gasteiger partial charge is 0.311 e. The standard InChI is InChI=1S/C16H18N2O2S2/c1-21-14-6-4-7-15(11-14)22(19,20)18-10-9-17-12-13-5-2-3-8-16(13)18/h2-8,11,17H,9-10,12H2,1H3. The lowest BCUT2D eigenvalue weighted by molar-refractivity contribution is 0.589. The molecule has 0 spiro atoms. The molecule has 0 saturated heterocycles. The van der Waals surface area contributed by atoms with E-state index in [9.17, 15) is 8.42 Å². The molecule has 2 aromatic carbocycles. The molecule has 6 heteroatoms. The van der Waals surface area contributed by atoms with Crippen LogP contribution in [0.5, 0.6) is 0 Å². The molecule has 0 saturated carbocycles. The van der Waals surface area contributed by atoms with Crippen molar-refractivity contribution in [3.8, 4) is 0 Å². The highest BCUT2D eigenvalue weighted by molar-refractivity contribution is 7.98. The van der Waals surface area contributed by atoms with Crippen molar-refractivity contribution < 1.29 is 8.42 Å². The van der Waals surface area contributed by atoms with Crippen molar-refractivity contribution in [1.29, 1.82) is 0 Å². The van der Waals surface area contributed by atoms with E-state index in [0.29, 0.717) is 24.5 Å². The van der Waals surface area contributed by atoms with Gasteiger partial charge in [-0.15, -0.1) is 11.8 Å². The van der Waals surface area contributed by atoms with E-state index in [2.05, 4.69) is 5.32 Å². The summed E-state index contributed by atoms with van der Waals surface area (Å²) in [5.41, 5.74) is 1.77. The van der Waals surface area contributed by atoms with Crippen molar-refractivity contribution >= 4 is 27.5 Å². The van der Waals surface area contributed by atoms with Crippen molar-refractivity contribution in [2.24, 2.45) is 0 Å². The number of fused-ring (bicyclic) bond motifs is 1. The smallest absolute Gasteiger partial charge is 0.264 e. The highest BCUT2D eigenvalue weighted by atomic mass is 32.2. The first-order valence-corrected chi connectivity index (χ1v) is 9.75. The molecule has 3 rings (SSSR count). The van der Waals surface area contributed by atoms with Crippen molar-refractivity contribution in [1.82, 2.24) is 5.32 Å². The van der Waals surface area contributed by atoms with E-state index in [-0.39, 0.29) is 0 Å². The topological polar surface area (TPSA) is 49.4 Å². The first-order chi connectivity index (χ1) is 10.6. The van der Waals surface area contributed by atoms with Gasteiger partial charge in [0.05, 0.1) is 10.6 Å². The molecule has 0 radical (unpaired) electrons. The second-order valence-electron chi connectivity index (χ2n) is 5.06. The van der Waals surface area contributed by atoms with E-state index in [0.717, 1.165) is 16.1 Å². The first-order valence-electron chi connectivity index (χ1n) is 7.08. The van der Waals surface area contributed by atoms with Gasteiger partial charge in [0.1, 0.15) is 0 Å². The average Bonchev–Trinajstić information content (AvgIpc) is 2.77. The molecule has 1 heterocycles. The van der Waals surface area contributed by atoms with Crippen molar-refractivity contribution in [3.05, 3.63) is 54.1 Å². The average molecular weight is 334 g/mol. The molecule has 0 aromatic heterocycles. The number of para-hydroxylation sites is 1. The molecule has 0 aliphatic carbocycles. The fourth-order valence-corrected chi connectivity index (χ4v) is 4.65. The van der Waals surface area contributed by atoms with Crippen LogP contribution in [0.1, 0.15) is 5.56 Å². The van der Waals surface area contributed by atoms with Gasteiger partial charge >= 0.3 is 0 Å². The summed E-state index contributed by atoms with van der Waals surface area (Å²) >= 11 is 1.54. The highest BCUT2D eigenvalue weighted by Crippen LogP contribution is 2.29. The van der Waals surface area contributed by atoms with Gasteiger partial charge in [0.15, 0.2) is 0 Å². The summed E-state index contributed by atoms with van der Waals surface area (Å²) in [5, 5.41) is 3.27. The fourth-order valence-electron chi connectivity index (χ4n) is 2.57. The number of hydrogen-bond acceptors (Lipinski definition) is 4. The molecule has 0 bridgehead atoms. The zero-order valence-electron chi connectivity index (χ0n) is 12.3. The summed E-state index contributed by atoms with van der Waals surface area (Å²) in [6.45, 7) is 1.76. The second kappa shape index (κ2) is 6.32. The third-order valence-electron chi connectivity index (χ3n) is 3.70. The summed E-state index contributed by atoms with van der Waals surface area (Å²) in [6, 6.07) is 14.8. The molecule has 1 aliphatic rings. The van der Waals surface area contributed by atoms with Crippen LogP contribution in [0.4, 0.5) is 5.69 Å². The zero-order valence-corrected chi connectivity index (χ0v) is 14.0. The molecule has 4 nitrogen and oxygen atoms in total. The maximum Gasteiger partial charge on any atom is 0.264 e. The normalized spacial score (nSPS) is 15.2. The summed E-state index contributed by atoms with van der Waals surface area (Å²) in [7, 11) is -3.55. The molecular formula is C16H18N2O2S2. The quantitative estimate of drug-likeness (QED) is 0.877. The van der Waals surface area contributed by atoms with Gasteiger partial charge in [-0.05, 0) is 36.1 Å². The molecule has 1 aliphatic heterocycles. The van der Waals surface area contributed by atoms with Crippen LogP contribution in [0.2, 0.25) is 0 Å². The Morgan fingerprint density at radius 3 is 2.77 bits per heavy atom. The van der Waals surface area contributed by atoms with Crippen LogP contribution in [-0.2, 0) is 16.6 Å². The van der Waals surface area contributed by atoms with Gasteiger partial charge in [-0.25, -0.2) is 8.42 Å². The van der Waals surface area contributed by atoms with E-state index < -0.39 is 10.0 Å². The lowest BCUT2D eigenvalue weighted by atomic mass is 10.2. The number of thioether (sulfide) groups is 1. The van der Waals surface area contributed by atoms with Gasteiger partial charge in [0.2, 0.25) is 0 Å². The SMILES string of the molecule is CSc1cccc(S(=O)(=O)N2CCNCc3ccccc32)c1. The van der Waals surface area contributed by atoms with Crippen molar-refractivity contribution in [2.45, 2.75) is 16.3 Å². The molecule has 1 N–H and O–H groups in total. The number of rotatable bonds is 3. The van der Waals surface area contributed by atoms with Crippen LogP contribution in [0.15, 0.2) is 58.3 Å². The lowest BCUT2D eigenvalue weighted by Crippen LogP contribution is -2.34. The number of anilines is 1. The molecule has 0 fully saturated rings. The Morgan fingerprint density at radius 1 is 1.14 bits per heavy atom. The minimum atomic E-state index is -3.55. The number of hydrogen-bond donors (Lipinski definition) is 1. The van der Waals surface area contributed by atoms with Gasteiger partial charge in [-0.2, -0.15) is 0 Å². The van der Waals surface area contributed by atoms with Gasteiger partial charge in [-0.3, -0.25) is 4.31 Å². The molecule has 0 amide bonds. The van der Waals surface area contributed by atoms with Gasteiger partial charge in [-0.1, -0.05) is 24.3 Å². The summed E-state index contributed by atoms with van der Waals surface area (Å²) in [5.74, 6) is 0. The van der Waals surface area contributed by atoms with E-state index >= 15 is 0 Å². The molecular weight excluding hydrogens is 316 g/mol.